The number of nitrogens with one attached hydrogen (secondary N) is 2. The summed E-state index contributed by atoms with van der Waals surface area (Å²) >= 11 is 5.90. The fourth-order valence-corrected chi connectivity index (χ4v) is 1.60. The van der Waals surface area contributed by atoms with Gasteiger partial charge in [0.25, 0.3) is 5.91 Å². The van der Waals surface area contributed by atoms with E-state index in [1.54, 1.807) is 30.3 Å². The van der Waals surface area contributed by atoms with Crippen molar-refractivity contribution < 1.29 is 14.7 Å². The average molecular weight is 308 g/mol. The minimum Gasteiger partial charge on any atom is -0.481 e. The zero-order chi connectivity index (χ0) is 15.7. The van der Waals surface area contributed by atoms with Crippen LogP contribution in [0.1, 0.15) is 12.8 Å². The van der Waals surface area contributed by atoms with Crippen molar-refractivity contribution in [3.63, 3.8) is 0 Å². The fourth-order valence-electron chi connectivity index (χ4n) is 1.42. The van der Waals surface area contributed by atoms with Crippen LogP contribution >= 0.6 is 11.6 Å². The Hall–Kier alpha value is -2.52. The van der Waals surface area contributed by atoms with Crippen LogP contribution in [0.25, 0.3) is 0 Å². The van der Waals surface area contributed by atoms with Gasteiger partial charge in [-0.05, 0) is 18.6 Å². The highest BCUT2D eigenvalue weighted by atomic mass is 35.5. The Labute approximate surface area is 127 Å². The Balaban J connectivity index is 2.55. The number of carboxylic acid groups (broad SMARTS) is 1. The quantitative estimate of drug-likeness (QED) is 0.407. The molecular weight excluding hydrogens is 294 g/mol. The summed E-state index contributed by atoms with van der Waals surface area (Å²) in [7, 11) is 0. The van der Waals surface area contributed by atoms with Crippen molar-refractivity contribution in [2.24, 2.45) is 0 Å². The molecule has 1 aromatic carbocycles. The third kappa shape index (κ3) is 5.97. The summed E-state index contributed by atoms with van der Waals surface area (Å²) in [5.41, 5.74) is 0.293. The molecular formula is C14H14ClN3O3. The number of para-hydroxylation sites is 1. The molecule has 0 fully saturated rings. The lowest BCUT2D eigenvalue weighted by atomic mass is 10.2. The molecule has 0 aliphatic carbocycles. The summed E-state index contributed by atoms with van der Waals surface area (Å²) in [5.74, 6) is -1.48. The monoisotopic (exact) mass is 307 g/mol. The number of halogens is 1. The number of carbonyl (C=O) groups is 2. The van der Waals surface area contributed by atoms with E-state index in [0.29, 0.717) is 23.7 Å². The standard InChI is InChI=1S/C14H14ClN3O3/c15-11-4-1-2-5-12(11)18-14(21)10(8-16)9-17-7-3-6-13(19)20/h1-2,4-5,9,17H,3,6-7H2,(H,18,21)(H,19,20)/b10-9-. The van der Waals surface area contributed by atoms with Crippen LogP contribution in [0.4, 0.5) is 5.69 Å². The van der Waals surface area contributed by atoms with E-state index in [1.165, 1.54) is 6.20 Å². The molecule has 0 aliphatic rings. The van der Waals surface area contributed by atoms with E-state index >= 15 is 0 Å². The number of rotatable bonds is 7. The molecule has 7 heteroatoms. The van der Waals surface area contributed by atoms with Gasteiger partial charge in [0.2, 0.25) is 0 Å². The number of amides is 1. The van der Waals surface area contributed by atoms with Crippen molar-refractivity contribution in [1.29, 1.82) is 5.26 Å². The number of nitriles is 1. The minimum absolute atomic E-state index is 0.0224. The third-order valence-electron chi connectivity index (χ3n) is 2.45. The molecule has 110 valence electrons. The Kier molecular flexibility index (Phi) is 6.78. The molecule has 21 heavy (non-hydrogen) atoms. The van der Waals surface area contributed by atoms with Crippen molar-refractivity contribution in [1.82, 2.24) is 5.32 Å². The van der Waals surface area contributed by atoms with Crippen LogP contribution in [-0.2, 0) is 9.59 Å². The Morgan fingerprint density at radius 2 is 2.10 bits per heavy atom. The first kappa shape index (κ1) is 16.5. The van der Waals surface area contributed by atoms with Gasteiger partial charge >= 0.3 is 5.97 Å². The minimum atomic E-state index is -0.891. The smallest absolute Gasteiger partial charge is 0.303 e. The van der Waals surface area contributed by atoms with Gasteiger partial charge in [0.05, 0.1) is 10.7 Å². The number of anilines is 1. The van der Waals surface area contributed by atoms with Crippen molar-refractivity contribution in [2.75, 3.05) is 11.9 Å². The lowest BCUT2D eigenvalue weighted by Crippen LogP contribution is -2.17. The number of carbonyl (C=O) groups excluding carboxylic acids is 1. The van der Waals surface area contributed by atoms with Gasteiger partial charge in [0.15, 0.2) is 0 Å². The summed E-state index contributed by atoms with van der Waals surface area (Å²) in [6, 6.07) is 8.45. The Morgan fingerprint density at radius 3 is 2.71 bits per heavy atom. The van der Waals surface area contributed by atoms with Crippen molar-refractivity contribution in [3.8, 4) is 6.07 Å². The second kappa shape index (κ2) is 8.61. The molecule has 0 heterocycles. The SMILES string of the molecule is N#C/C(=C/NCCCC(=O)O)C(=O)Nc1ccccc1Cl. The largest absolute Gasteiger partial charge is 0.481 e. The summed E-state index contributed by atoms with van der Waals surface area (Å²) in [4.78, 5) is 22.2. The summed E-state index contributed by atoms with van der Waals surface area (Å²) < 4.78 is 0. The lowest BCUT2D eigenvalue weighted by Gasteiger charge is -2.06. The van der Waals surface area contributed by atoms with E-state index in [4.69, 9.17) is 22.0 Å². The molecule has 0 saturated heterocycles. The number of benzene rings is 1. The van der Waals surface area contributed by atoms with Gasteiger partial charge in [-0.15, -0.1) is 0 Å². The van der Waals surface area contributed by atoms with Crippen LogP contribution in [0.15, 0.2) is 36.0 Å². The van der Waals surface area contributed by atoms with Crippen LogP contribution in [-0.4, -0.2) is 23.5 Å². The number of hydrogen-bond donors (Lipinski definition) is 3. The molecule has 0 aliphatic heterocycles. The van der Waals surface area contributed by atoms with Gasteiger partial charge < -0.3 is 15.7 Å². The van der Waals surface area contributed by atoms with E-state index in [1.807, 2.05) is 0 Å². The molecule has 0 bridgehead atoms. The highest BCUT2D eigenvalue weighted by Crippen LogP contribution is 2.20. The van der Waals surface area contributed by atoms with Gasteiger partial charge in [0.1, 0.15) is 11.6 Å². The van der Waals surface area contributed by atoms with Crippen LogP contribution in [0, 0.1) is 11.3 Å². The Morgan fingerprint density at radius 1 is 1.38 bits per heavy atom. The molecule has 1 aromatic rings. The maximum absolute atomic E-state index is 11.9. The predicted octanol–water partition coefficient (Wildman–Crippen LogP) is 2.14. The second-order valence-electron chi connectivity index (χ2n) is 4.06. The highest BCUT2D eigenvalue weighted by molar-refractivity contribution is 6.33. The second-order valence-corrected chi connectivity index (χ2v) is 4.46. The average Bonchev–Trinajstić information content (AvgIpc) is 2.45. The molecule has 0 spiro atoms. The number of nitrogens with zero attached hydrogens (tertiary/aromatic N) is 1. The summed E-state index contributed by atoms with van der Waals surface area (Å²) in [5, 5.41) is 23.0. The summed E-state index contributed by atoms with van der Waals surface area (Å²) in [6.07, 6.45) is 1.68. The molecule has 1 rings (SSSR count). The van der Waals surface area contributed by atoms with Gasteiger partial charge in [0, 0.05) is 19.2 Å². The van der Waals surface area contributed by atoms with E-state index in [0.717, 1.165) is 0 Å². The number of aliphatic carboxylic acids is 1. The summed E-state index contributed by atoms with van der Waals surface area (Å²) in [6.45, 7) is 0.358. The maximum atomic E-state index is 11.9. The molecule has 0 saturated carbocycles. The van der Waals surface area contributed by atoms with Gasteiger partial charge in [-0.25, -0.2) is 0 Å². The molecule has 3 N–H and O–H groups in total. The van der Waals surface area contributed by atoms with E-state index < -0.39 is 11.9 Å². The highest BCUT2D eigenvalue weighted by Gasteiger charge is 2.10. The zero-order valence-electron chi connectivity index (χ0n) is 11.1. The molecule has 0 radical (unpaired) electrons. The van der Waals surface area contributed by atoms with E-state index in [-0.39, 0.29) is 12.0 Å². The maximum Gasteiger partial charge on any atom is 0.303 e. The molecule has 0 unspecified atom stereocenters. The Bertz CT molecular complexity index is 593. The van der Waals surface area contributed by atoms with Gasteiger partial charge in [-0.1, -0.05) is 23.7 Å². The first-order valence-electron chi connectivity index (χ1n) is 6.16. The van der Waals surface area contributed by atoms with Crippen LogP contribution < -0.4 is 10.6 Å². The first-order chi connectivity index (χ1) is 10.0. The van der Waals surface area contributed by atoms with Gasteiger partial charge in [-0.2, -0.15) is 5.26 Å². The van der Waals surface area contributed by atoms with Gasteiger partial charge in [-0.3, -0.25) is 9.59 Å². The fraction of sp³-hybridized carbons (Fsp3) is 0.214. The first-order valence-corrected chi connectivity index (χ1v) is 6.53. The van der Waals surface area contributed by atoms with Crippen LogP contribution in [0.5, 0.6) is 0 Å². The van der Waals surface area contributed by atoms with E-state index in [9.17, 15) is 9.59 Å². The van der Waals surface area contributed by atoms with Crippen LogP contribution in [0.3, 0.4) is 0 Å². The third-order valence-corrected chi connectivity index (χ3v) is 2.77. The molecule has 0 aromatic heterocycles. The predicted molar refractivity (Wildman–Crippen MR) is 78.7 cm³/mol. The van der Waals surface area contributed by atoms with Crippen LogP contribution in [0.2, 0.25) is 5.02 Å². The van der Waals surface area contributed by atoms with Crippen molar-refractivity contribution in [3.05, 3.63) is 41.1 Å². The molecule has 6 nitrogen and oxygen atoms in total. The lowest BCUT2D eigenvalue weighted by molar-refractivity contribution is -0.137. The zero-order valence-corrected chi connectivity index (χ0v) is 11.9. The molecule has 0 atom stereocenters. The number of carboxylic acids is 1. The number of hydrogen-bond acceptors (Lipinski definition) is 4. The van der Waals surface area contributed by atoms with Crippen molar-refractivity contribution >= 4 is 29.2 Å². The topological polar surface area (TPSA) is 102 Å². The van der Waals surface area contributed by atoms with Crippen molar-refractivity contribution in [2.45, 2.75) is 12.8 Å². The van der Waals surface area contributed by atoms with E-state index in [2.05, 4.69) is 10.6 Å². The molecule has 1 amide bonds. The normalized spacial score (nSPS) is 10.6.